The fourth-order valence-corrected chi connectivity index (χ4v) is 3.13. The molecule has 1 saturated heterocycles. The van der Waals surface area contributed by atoms with Gasteiger partial charge in [-0.2, -0.15) is 0 Å². The van der Waals surface area contributed by atoms with Crippen molar-refractivity contribution in [3.63, 3.8) is 0 Å². The average Bonchev–Trinajstić information content (AvgIpc) is 3.05. The van der Waals surface area contributed by atoms with Crippen molar-refractivity contribution in [2.24, 2.45) is 5.92 Å². The van der Waals surface area contributed by atoms with E-state index in [-0.39, 0.29) is 5.92 Å². The third-order valence-corrected chi connectivity index (χ3v) is 4.26. The van der Waals surface area contributed by atoms with E-state index < -0.39 is 5.97 Å². The first-order valence-corrected chi connectivity index (χ1v) is 8.30. The zero-order valence-electron chi connectivity index (χ0n) is 14.0. The number of hydrogen-bond acceptors (Lipinski definition) is 5. The number of ether oxygens (including phenoxy) is 2. The number of anilines is 1. The van der Waals surface area contributed by atoms with Crippen LogP contribution in [-0.2, 0) is 4.79 Å². The predicted octanol–water partition coefficient (Wildman–Crippen LogP) is 2.94. The molecule has 24 heavy (non-hydrogen) atoms. The van der Waals surface area contributed by atoms with Gasteiger partial charge >= 0.3 is 5.97 Å². The number of aliphatic carboxylic acids is 1. The van der Waals surface area contributed by atoms with Crippen molar-refractivity contribution < 1.29 is 19.4 Å². The molecule has 1 aromatic carbocycles. The fraction of sp³-hybridized carbons (Fsp3) is 0.444. The van der Waals surface area contributed by atoms with Gasteiger partial charge in [0, 0.05) is 36.4 Å². The average molecular weight is 330 g/mol. The van der Waals surface area contributed by atoms with Gasteiger partial charge in [0.25, 0.3) is 0 Å². The molecule has 1 N–H and O–H groups in total. The summed E-state index contributed by atoms with van der Waals surface area (Å²) >= 11 is 0. The highest BCUT2D eigenvalue weighted by atomic mass is 16.5. The van der Waals surface area contributed by atoms with Crippen LogP contribution in [0, 0.1) is 5.92 Å². The van der Waals surface area contributed by atoms with Crippen LogP contribution in [0.1, 0.15) is 20.3 Å². The molecule has 2 heterocycles. The third-order valence-electron chi connectivity index (χ3n) is 4.26. The molecule has 2 aromatic rings. The molecule has 0 aliphatic carbocycles. The number of aromatic nitrogens is 1. The van der Waals surface area contributed by atoms with E-state index in [4.69, 9.17) is 9.47 Å². The Bertz CT molecular complexity index is 747. The van der Waals surface area contributed by atoms with Gasteiger partial charge in [-0.05, 0) is 32.4 Å². The summed E-state index contributed by atoms with van der Waals surface area (Å²) in [5.74, 6) is 0.322. The van der Waals surface area contributed by atoms with Crippen molar-refractivity contribution in [1.82, 2.24) is 4.98 Å². The molecule has 1 aromatic heterocycles. The van der Waals surface area contributed by atoms with Crippen molar-refractivity contribution in [3.8, 4) is 11.5 Å². The lowest BCUT2D eigenvalue weighted by molar-refractivity contribution is -0.140. The maximum absolute atomic E-state index is 11.2. The zero-order chi connectivity index (χ0) is 17.1. The highest BCUT2D eigenvalue weighted by Gasteiger charge is 2.29. The van der Waals surface area contributed by atoms with Crippen LogP contribution in [0.25, 0.3) is 10.9 Å². The van der Waals surface area contributed by atoms with Crippen LogP contribution in [0.5, 0.6) is 11.5 Å². The maximum Gasteiger partial charge on any atom is 0.308 e. The van der Waals surface area contributed by atoms with Gasteiger partial charge in [0.1, 0.15) is 0 Å². The smallest absolute Gasteiger partial charge is 0.308 e. The number of carbonyl (C=O) groups is 1. The normalized spacial score (nSPS) is 17.2. The highest BCUT2D eigenvalue weighted by molar-refractivity contribution is 5.94. The summed E-state index contributed by atoms with van der Waals surface area (Å²) in [5, 5.41) is 10.2. The first-order valence-electron chi connectivity index (χ1n) is 8.30. The number of rotatable bonds is 6. The minimum atomic E-state index is -0.732. The largest absolute Gasteiger partial charge is 0.490 e. The van der Waals surface area contributed by atoms with E-state index in [1.165, 1.54) is 0 Å². The van der Waals surface area contributed by atoms with Crippen LogP contribution in [0.4, 0.5) is 5.69 Å². The molecular weight excluding hydrogens is 308 g/mol. The quantitative estimate of drug-likeness (QED) is 0.878. The van der Waals surface area contributed by atoms with E-state index in [1.807, 2.05) is 32.0 Å². The number of hydrogen-bond donors (Lipinski definition) is 1. The molecule has 6 nitrogen and oxygen atoms in total. The number of carboxylic acids is 1. The van der Waals surface area contributed by atoms with Crippen LogP contribution in [0.2, 0.25) is 0 Å². The van der Waals surface area contributed by atoms with E-state index in [0.29, 0.717) is 37.7 Å². The molecule has 1 aliphatic heterocycles. The lowest BCUT2D eigenvalue weighted by Gasteiger charge is -2.21. The van der Waals surface area contributed by atoms with Crippen molar-refractivity contribution >= 4 is 22.6 Å². The van der Waals surface area contributed by atoms with Crippen molar-refractivity contribution in [3.05, 3.63) is 24.4 Å². The van der Waals surface area contributed by atoms with Crippen LogP contribution in [-0.4, -0.2) is 42.4 Å². The minimum absolute atomic E-state index is 0.317. The molecular formula is C18H22N2O4. The van der Waals surface area contributed by atoms with Gasteiger partial charge in [-0.15, -0.1) is 0 Å². The van der Waals surface area contributed by atoms with Crippen LogP contribution in [0.15, 0.2) is 24.4 Å². The number of benzene rings is 1. The Hall–Kier alpha value is -2.50. The van der Waals surface area contributed by atoms with Gasteiger partial charge in [-0.3, -0.25) is 9.78 Å². The van der Waals surface area contributed by atoms with E-state index in [2.05, 4.69) is 9.88 Å². The van der Waals surface area contributed by atoms with E-state index in [0.717, 1.165) is 23.1 Å². The van der Waals surface area contributed by atoms with Gasteiger partial charge in [-0.25, -0.2) is 0 Å². The van der Waals surface area contributed by atoms with Gasteiger partial charge in [0.05, 0.1) is 24.6 Å². The molecule has 128 valence electrons. The molecule has 3 rings (SSSR count). The SMILES string of the molecule is CCOc1cc2nccc(N3CCC(C(=O)O)C3)c2cc1OCC. The number of pyridine rings is 1. The standard InChI is InChI=1S/C18H22N2O4/c1-3-23-16-9-13-14(10-17(16)24-4-2)19-7-5-15(13)20-8-6-12(11-20)18(21)22/h5,7,9-10,12H,3-4,6,8,11H2,1-2H3,(H,21,22). The first-order chi connectivity index (χ1) is 11.6. The van der Waals surface area contributed by atoms with E-state index in [1.54, 1.807) is 6.20 Å². The molecule has 0 amide bonds. The number of carboxylic acid groups (broad SMARTS) is 1. The Morgan fingerprint density at radius 1 is 1.29 bits per heavy atom. The lowest BCUT2D eigenvalue weighted by atomic mass is 10.1. The monoisotopic (exact) mass is 330 g/mol. The van der Waals surface area contributed by atoms with Crippen molar-refractivity contribution in [1.29, 1.82) is 0 Å². The summed E-state index contributed by atoms with van der Waals surface area (Å²) in [4.78, 5) is 17.8. The topological polar surface area (TPSA) is 71.9 Å². The van der Waals surface area contributed by atoms with Crippen molar-refractivity contribution in [2.45, 2.75) is 20.3 Å². The van der Waals surface area contributed by atoms with E-state index in [9.17, 15) is 9.90 Å². The molecule has 0 bridgehead atoms. The highest BCUT2D eigenvalue weighted by Crippen LogP contribution is 2.37. The summed E-state index contributed by atoms with van der Waals surface area (Å²) in [6.07, 6.45) is 2.41. The Balaban J connectivity index is 2.03. The second kappa shape index (κ2) is 6.95. The predicted molar refractivity (Wildman–Crippen MR) is 92.0 cm³/mol. The summed E-state index contributed by atoms with van der Waals surface area (Å²) in [6.45, 7) is 6.21. The molecule has 0 spiro atoms. The fourth-order valence-electron chi connectivity index (χ4n) is 3.13. The third kappa shape index (κ3) is 3.09. The van der Waals surface area contributed by atoms with Gasteiger partial charge in [0.2, 0.25) is 0 Å². The molecule has 1 fully saturated rings. The Morgan fingerprint density at radius 2 is 2.00 bits per heavy atom. The first kappa shape index (κ1) is 16.4. The summed E-state index contributed by atoms with van der Waals surface area (Å²) < 4.78 is 11.4. The summed E-state index contributed by atoms with van der Waals surface area (Å²) in [6, 6.07) is 5.76. The van der Waals surface area contributed by atoms with Crippen LogP contribution >= 0.6 is 0 Å². The molecule has 0 saturated carbocycles. The molecule has 1 unspecified atom stereocenters. The number of fused-ring (bicyclic) bond motifs is 1. The van der Waals surface area contributed by atoms with Gasteiger partial charge < -0.3 is 19.5 Å². The Kier molecular flexibility index (Phi) is 4.74. The lowest BCUT2D eigenvalue weighted by Crippen LogP contribution is -2.22. The van der Waals surface area contributed by atoms with Crippen LogP contribution in [0.3, 0.4) is 0 Å². The van der Waals surface area contributed by atoms with Crippen LogP contribution < -0.4 is 14.4 Å². The van der Waals surface area contributed by atoms with Gasteiger partial charge in [0.15, 0.2) is 11.5 Å². The Morgan fingerprint density at radius 3 is 2.62 bits per heavy atom. The molecule has 6 heteroatoms. The van der Waals surface area contributed by atoms with Crippen molar-refractivity contribution in [2.75, 3.05) is 31.2 Å². The second-order valence-electron chi connectivity index (χ2n) is 5.78. The van der Waals surface area contributed by atoms with Gasteiger partial charge in [-0.1, -0.05) is 0 Å². The number of nitrogens with zero attached hydrogens (tertiary/aromatic N) is 2. The summed E-state index contributed by atoms with van der Waals surface area (Å²) in [7, 11) is 0. The summed E-state index contributed by atoms with van der Waals surface area (Å²) in [5.41, 5.74) is 1.81. The maximum atomic E-state index is 11.2. The molecule has 1 aliphatic rings. The zero-order valence-corrected chi connectivity index (χ0v) is 14.0. The second-order valence-corrected chi connectivity index (χ2v) is 5.78. The molecule has 0 radical (unpaired) electrons. The van der Waals surface area contributed by atoms with E-state index >= 15 is 0 Å². The Labute approximate surface area is 141 Å². The molecule has 1 atom stereocenters. The minimum Gasteiger partial charge on any atom is -0.490 e.